The summed E-state index contributed by atoms with van der Waals surface area (Å²) in [6, 6.07) is 12.5. The predicted molar refractivity (Wildman–Crippen MR) is 149 cm³/mol. The lowest BCUT2D eigenvalue weighted by Crippen LogP contribution is -2.51. The minimum absolute atomic E-state index is 0.0644. The number of carbonyl (C=O) groups is 2. The van der Waals surface area contributed by atoms with Gasteiger partial charge in [0.1, 0.15) is 5.82 Å². The summed E-state index contributed by atoms with van der Waals surface area (Å²) in [4.78, 5) is 26.9. The van der Waals surface area contributed by atoms with Crippen molar-refractivity contribution in [3.05, 3.63) is 59.4 Å². The topological polar surface area (TPSA) is 105 Å². The smallest absolute Gasteiger partial charge is 0.406 e. The van der Waals surface area contributed by atoms with E-state index in [4.69, 9.17) is 5.73 Å². The first kappa shape index (κ1) is 29.0. The molecule has 8 heteroatoms. The molecule has 1 saturated heterocycles. The fourth-order valence-corrected chi connectivity index (χ4v) is 6.40. The number of nitrogens with two attached hydrogens (primary N) is 1. The second-order valence-corrected chi connectivity index (χ2v) is 11.0. The molecule has 1 aliphatic carbocycles. The first-order chi connectivity index (χ1) is 18.8. The number of nitrogens with zero attached hydrogens (tertiary/aromatic N) is 1. The summed E-state index contributed by atoms with van der Waals surface area (Å²) in [5, 5.41) is 15.2. The van der Waals surface area contributed by atoms with Crippen LogP contribution in [-0.2, 0) is 21.6 Å². The van der Waals surface area contributed by atoms with E-state index >= 15 is 4.39 Å². The van der Waals surface area contributed by atoms with E-state index in [1.807, 2.05) is 29.2 Å². The Morgan fingerprint density at radius 3 is 2.69 bits per heavy atom. The molecule has 2 fully saturated rings. The minimum Gasteiger partial charge on any atom is -0.453 e. The van der Waals surface area contributed by atoms with Gasteiger partial charge in [-0.2, -0.15) is 0 Å². The Kier molecular flexibility index (Phi) is 9.62. The van der Waals surface area contributed by atoms with Gasteiger partial charge in [0.25, 0.3) is 0 Å². The molecule has 1 heterocycles. The number of likely N-dealkylation sites (tertiary alicyclic amines) is 1. The van der Waals surface area contributed by atoms with Crippen molar-refractivity contribution in [2.24, 2.45) is 17.6 Å². The lowest BCUT2D eigenvalue weighted by atomic mass is 9.72. The quantitative estimate of drug-likeness (QED) is 0.399. The molecule has 2 aliphatic rings. The molecule has 0 spiro atoms. The van der Waals surface area contributed by atoms with E-state index in [9.17, 15) is 14.7 Å². The zero-order valence-corrected chi connectivity index (χ0v) is 23.1. The lowest BCUT2D eigenvalue weighted by molar-refractivity contribution is -0.141. The molecule has 0 aromatic heterocycles. The van der Waals surface area contributed by atoms with Crippen LogP contribution in [0.15, 0.2) is 42.5 Å². The maximum atomic E-state index is 15.6. The number of rotatable bonds is 9. The summed E-state index contributed by atoms with van der Waals surface area (Å²) in [6.45, 7) is 3.37. The highest BCUT2D eigenvalue weighted by molar-refractivity contribution is 5.80. The minimum atomic E-state index is -1.42. The Labute approximate surface area is 230 Å². The van der Waals surface area contributed by atoms with E-state index < -0.39 is 17.5 Å². The summed E-state index contributed by atoms with van der Waals surface area (Å²) in [6.07, 6.45) is 5.07. The van der Waals surface area contributed by atoms with E-state index in [1.165, 1.54) is 13.2 Å². The van der Waals surface area contributed by atoms with Gasteiger partial charge in [-0.05, 0) is 67.7 Å². The molecule has 2 aromatic rings. The van der Waals surface area contributed by atoms with E-state index in [0.29, 0.717) is 49.2 Å². The largest absolute Gasteiger partial charge is 0.453 e. The standard InChI is InChI=1S/C31H42FN3O4/c1-3-21-9-4-10-22(19-21)28-25(13-6-14-26(28)32)31(38,16-8-17-34-30(37)39-2)23-11-7-18-35(20-23)29(36)24-12-5-15-27(24)33/h4,6,9-10,13-14,19,23-24,27,38H,3,5,7-8,11-12,15-18,20,33H2,1-2H3,(H,34,37)/t23-,24-,27+,31+/m1/s1. The van der Waals surface area contributed by atoms with E-state index in [1.54, 1.807) is 12.1 Å². The van der Waals surface area contributed by atoms with Gasteiger partial charge < -0.3 is 25.8 Å². The van der Waals surface area contributed by atoms with Crippen molar-refractivity contribution in [2.75, 3.05) is 26.7 Å². The highest BCUT2D eigenvalue weighted by atomic mass is 19.1. The van der Waals surface area contributed by atoms with Crippen molar-refractivity contribution < 1.29 is 23.8 Å². The maximum Gasteiger partial charge on any atom is 0.406 e. The molecular formula is C31H42FN3O4. The van der Waals surface area contributed by atoms with Crippen LogP contribution in [0.3, 0.4) is 0 Å². The molecule has 1 saturated carbocycles. The summed E-state index contributed by atoms with van der Waals surface area (Å²) >= 11 is 0. The third kappa shape index (κ3) is 6.44. The molecule has 2 aromatic carbocycles. The van der Waals surface area contributed by atoms with Crippen LogP contribution >= 0.6 is 0 Å². The predicted octanol–water partition coefficient (Wildman–Crippen LogP) is 4.74. The molecule has 39 heavy (non-hydrogen) atoms. The van der Waals surface area contributed by atoms with E-state index in [0.717, 1.165) is 37.7 Å². The van der Waals surface area contributed by atoms with Crippen LogP contribution in [0.25, 0.3) is 11.1 Å². The summed E-state index contributed by atoms with van der Waals surface area (Å²) in [5.74, 6) is -0.814. The van der Waals surface area contributed by atoms with Gasteiger partial charge in [-0.3, -0.25) is 4.79 Å². The van der Waals surface area contributed by atoms with Crippen LogP contribution < -0.4 is 11.1 Å². The van der Waals surface area contributed by atoms with Crippen molar-refractivity contribution in [2.45, 2.75) is 69.9 Å². The Morgan fingerprint density at radius 2 is 1.97 bits per heavy atom. The van der Waals surface area contributed by atoms with E-state index in [2.05, 4.69) is 17.0 Å². The number of piperidine rings is 1. The average Bonchev–Trinajstić information content (AvgIpc) is 3.40. The van der Waals surface area contributed by atoms with Crippen molar-refractivity contribution in [1.29, 1.82) is 0 Å². The maximum absolute atomic E-state index is 15.6. The third-order valence-electron chi connectivity index (χ3n) is 8.59. The number of carbonyl (C=O) groups excluding carboxylic acids is 2. The van der Waals surface area contributed by atoms with Crippen LogP contribution in [0.4, 0.5) is 9.18 Å². The molecule has 1 aliphatic heterocycles. The number of alkyl carbamates (subject to hydrolysis) is 1. The monoisotopic (exact) mass is 539 g/mol. The first-order valence-electron chi connectivity index (χ1n) is 14.2. The number of aliphatic hydroxyl groups is 1. The van der Waals surface area contributed by atoms with Gasteiger partial charge in [0.2, 0.25) is 5.91 Å². The Balaban J connectivity index is 1.70. The number of nitrogens with one attached hydrogen (secondary N) is 1. The van der Waals surface area contributed by atoms with E-state index in [-0.39, 0.29) is 30.2 Å². The molecule has 0 bridgehead atoms. The van der Waals surface area contributed by atoms with Crippen LogP contribution in [0, 0.1) is 17.7 Å². The van der Waals surface area contributed by atoms with Crippen LogP contribution in [0.2, 0.25) is 0 Å². The SMILES string of the molecule is CCc1cccc(-c2c(F)cccc2[C@](O)(CCCNC(=O)OC)[C@@H]2CCCN(C(=O)[C@@H]3CCC[C@@H]3N)C2)c1. The average molecular weight is 540 g/mol. The lowest BCUT2D eigenvalue weighted by Gasteiger charge is -2.44. The Morgan fingerprint density at radius 1 is 1.18 bits per heavy atom. The number of hydrogen-bond acceptors (Lipinski definition) is 5. The number of benzene rings is 2. The summed E-state index contributed by atoms with van der Waals surface area (Å²) in [5.41, 5.74) is 7.53. The van der Waals surface area contributed by atoms with Crippen LogP contribution in [0.1, 0.15) is 63.0 Å². The van der Waals surface area contributed by atoms with Crippen LogP contribution in [0.5, 0.6) is 0 Å². The molecule has 0 unspecified atom stereocenters. The summed E-state index contributed by atoms with van der Waals surface area (Å²) < 4.78 is 20.3. The van der Waals surface area contributed by atoms with Gasteiger partial charge in [0.05, 0.1) is 18.6 Å². The Hall–Kier alpha value is -2.97. The molecule has 4 N–H and O–H groups in total. The van der Waals surface area contributed by atoms with Crippen molar-refractivity contribution >= 4 is 12.0 Å². The number of amides is 2. The Bertz CT molecular complexity index is 1160. The third-order valence-corrected chi connectivity index (χ3v) is 8.59. The molecule has 4 atom stereocenters. The fourth-order valence-electron chi connectivity index (χ4n) is 6.40. The van der Waals surface area contributed by atoms with Gasteiger partial charge in [0.15, 0.2) is 0 Å². The first-order valence-corrected chi connectivity index (χ1v) is 14.2. The van der Waals surface area contributed by atoms with Gasteiger partial charge in [-0.1, -0.05) is 49.7 Å². The second kappa shape index (κ2) is 12.9. The van der Waals surface area contributed by atoms with Crippen molar-refractivity contribution in [3.63, 3.8) is 0 Å². The van der Waals surface area contributed by atoms with Gasteiger partial charge in [0, 0.05) is 37.2 Å². The highest BCUT2D eigenvalue weighted by Gasteiger charge is 2.44. The van der Waals surface area contributed by atoms with Crippen molar-refractivity contribution in [3.8, 4) is 11.1 Å². The zero-order chi connectivity index (χ0) is 28.0. The molecule has 212 valence electrons. The number of halogens is 1. The molecule has 0 radical (unpaired) electrons. The molecule has 2 amide bonds. The number of ether oxygens (including phenoxy) is 1. The normalized spacial score (nSPS) is 22.8. The van der Waals surface area contributed by atoms with Gasteiger partial charge >= 0.3 is 6.09 Å². The number of hydrogen-bond donors (Lipinski definition) is 3. The van der Waals surface area contributed by atoms with Crippen molar-refractivity contribution in [1.82, 2.24) is 10.2 Å². The zero-order valence-electron chi connectivity index (χ0n) is 23.1. The molecule has 4 rings (SSSR count). The molecule has 7 nitrogen and oxygen atoms in total. The van der Waals surface area contributed by atoms with Gasteiger partial charge in [-0.25, -0.2) is 9.18 Å². The highest BCUT2D eigenvalue weighted by Crippen LogP contribution is 2.44. The summed E-state index contributed by atoms with van der Waals surface area (Å²) in [7, 11) is 1.30. The molecular weight excluding hydrogens is 497 g/mol. The second-order valence-electron chi connectivity index (χ2n) is 11.0. The number of methoxy groups -OCH3 is 1. The fraction of sp³-hybridized carbons (Fsp3) is 0.548. The van der Waals surface area contributed by atoms with Crippen LogP contribution in [-0.4, -0.2) is 54.8 Å². The van der Waals surface area contributed by atoms with Gasteiger partial charge in [-0.15, -0.1) is 0 Å². The number of aryl methyl sites for hydroxylation is 1.